The van der Waals surface area contributed by atoms with Crippen LogP contribution in [-0.4, -0.2) is 114 Å². The summed E-state index contributed by atoms with van der Waals surface area (Å²) in [6, 6.07) is 31.6. The van der Waals surface area contributed by atoms with Crippen molar-refractivity contribution in [3.05, 3.63) is 130 Å². The molecule has 3 saturated heterocycles. The van der Waals surface area contributed by atoms with E-state index in [0.717, 1.165) is 105 Å². The maximum Gasteiger partial charge on any atom is 0.488 e. The largest absolute Gasteiger partial charge is 0.488 e. The van der Waals surface area contributed by atoms with Gasteiger partial charge in [-0.3, -0.25) is 34.3 Å². The molecular weight excluding hydrogens is 741 g/mol. The Morgan fingerprint density at radius 3 is 1.95 bits per heavy atom. The van der Waals surface area contributed by atoms with E-state index < -0.39 is 30.9 Å². The number of piperazine rings is 1. The van der Waals surface area contributed by atoms with Gasteiger partial charge < -0.3 is 19.8 Å². The topological polar surface area (TPSA) is 134 Å². The number of allylic oxidation sites excluding steroid dienone is 1. The van der Waals surface area contributed by atoms with Gasteiger partial charge in [0.2, 0.25) is 11.8 Å². The lowest BCUT2D eigenvalue weighted by Gasteiger charge is -2.37. The summed E-state index contributed by atoms with van der Waals surface area (Å²) < 4.78 is 0. The third-order valence-electron chi connectivity index (χ3n) is 12.6. The Morgan fingerprint density at radius 1 is 0.695 bits per heavy atom. The molecule has 1 unspecified atom stereocenters. The fourth-order valence-electron chi connectivity index (χ4n) is 9.32. The van der Waals surface area contributed by atoms with Gasteiger partial charge >= 0.3 is 7.12 Å². The Labute approximate surface area is 346 Å². The standard InChI is InChI=1S/C47H52BN5O6/c1-2-39(34-7-4-3-5-8-34)44(36-13-15-37(16-14-36)48(58)59)35-11-9-32(10-12-35)33-21-25-50(26-22-33)23-6-24-51-27-29-52(30-28-51)38-17-18-40-41(31-38)47(57)53(46(40)56)42-19-20-43(54)49-45(42)55/h3-5,7-18,31,33,42,58-59H,2,6,19-30H2,1H3,(H,49,54,55)/b44-39-. The van der Waals surface area contributed by atoms with Gasteiger partial charge in [-0.1, -0.05) is 85.8 Å². The second-order valence-corrected chi connectivity index (χ2v) is 16.2. The molecule has 4 aromatic rings. The van der Waals surface area contributed by atoms with E-state index in [0.29, 0.717) is 22.5 Å². The van der Waals surface area contributed by atoms with Crippen molar-refractivity contribution in [2.75, 3.05) is 57.3 Å². The predicted molar refractivity (Wildman–Crippen MR) is 230 cm³/mol. The van der Waals surface area contributed by atoms with E-state index in [1.807, 2.05) is 24.3 Å². The first-order valence-electron chi connectivity index (χ1n) is 21.1. The Bertz CT molecular complexity index is 2210. The van der Waals surface area contributed by atoms with Gasteiger partial charge in [0.05, 0.1) is 11.1 Å². The first-order chi connectivity index (χ1) is 28.7. The number of hydrogen-bond donors (Lipinski definition) is 3. The van der Waals surface area contributed by atoms with Crippen LogP contribution < -0.4 is 15.7 Å². The molecule has 0 radical (unpaired) electrons. The molecule has 3 fully saturated rings. The van der Waals surface area contributed by atoms with Crippen LogP contribution in [0, 0.1) is 0 Å². The number of rotatable bonds is 12. The Kier molecular flexibility index (Phi) is 12.2. The van der Waals surface area contributed by atoms with Crippen LogP contribution in [0.25, 0.3) is 11.1 Å². The molecule has 4 aromatic carbocycles. The molecule has 0 aliphatic carbocycles. The lowest BCUT2D eigenvalue weighted by molar-refractivity contribution is -0.136. The molecule has 3 N–H and O–H groups in total. The maximum absolute atomic E-state index is 13.3. The van der Waals surface area contributed by atoms with Gasteiger partial charge in [0.1, 0.15) is 6.04 Å². The summed E-state index contributed by atoms with van der Waals surface area (Å²) in [5.41, 5.74) is 9.19. The highest BCUT2D eigenvalue weighted by molar-refractivity contribution is 6.58. The van der Waals surface area contributed by atoms with Crippen molar-refractivity contribution < 1.29 is 29.2 Å². The Morgan fingerprint density at radius 2 is 1.32 bits per heavy atom. The van der Waals surface area contributed by atoms with Gasteiger partial charge in [0.25, 0.3) is 11.8 Å². The molecule has 4 amide bonds. The molecular formula is C47H52BN5O6. The molecule has 8 rings (SSSR count). The number of hydrogen-bond acceptors (Lipinski definition) is 9. The van der Waals surface area contributed by atoms with E-state index in [-0.39, 0.29) is 18.7 Å². The van der Waals surface area contributed by atoms with Crippen LogP contribution in [0.4, 0.5) is 5.69 Å². The molecule has 304 valence electrons. The zero-order valence-corrected chi connectivity index (χ0v) is 33.7. The van der Waals surface area contributed by atoms with Gasteiger partial charge in [0.15, 0.2) is 0 Å². The molecule has 59 heavy (non-hydrogen) atoms. The lowest BCUT2D eigenvalue weighted by atomic mass is 9.79. The highest BCUT2D eigenvalue weighted by Crippen LogP contribution is 2.36. The number of anilines is 1. The number of nitrogens with zero attached hydrogens (tertiary/aromatic N) is 4. The number of piperidine rings is 2. The second-order valence-electron chi connectivity index (χ2n) is 16.2. The average molecular weight is 794 g/mol. The maximum atomic E-state index is 13.3. The molecule has 4 aliphatic rings. The Balaban J connectivity index is 0.815. The fraction of sp³-hybridized carbons (Fsp3) is 0.362. The minimum Gasteiger partial charge on any atom is -0.423 e. The number of imide groups is 2. The summed E-state index contributed by atoms with van der Waals surface area (Å²) in [5.74, 6) is -1.41. The number of nitrogens with one attached hydrogen (secondary N) is 1. The van der Waals surface area contributed by atoms with Crippen molar-refractivity contribution in [3.8, 4) is 0 Å². The first-order valence-corrected chi connectivity index (χ1v) is 21.1. The zero-order chi connectivity index (χ0) is 41.0. The van der Waals surface area contributed by atoms with Crippen molar-refractivity contribution in [1.82, 2.24) is 20.0 Å². The number of fused-ring (bicyclic) bond motifs is 1. The summed E-state index contributed by atoms with van der Waals surface area (Å²) in [6.45, 7) is 9.97. The van der Waals surface area contributed by atoms with Crippen LogP contribution in [0.1, 0.15) is 94.3 Å². The highest BCUT2D eigenvalue weighted by Gasteiger charge is 2.45. The molecule has 1 atom stereocenters. The normalized spacial score (nSPS) is 19.8. The van der Waals surface area contributed by atoms with E-state index >= 15 is 0 Å². The smallest absolute Gasteiger partial charge is 0.423 e. The van der Waals surface area contributed by atoms with Gasteiger partial charge in [0, 0.05) is 38.3 Å². The van der Waals surface area contributed by atoms with Crippen LogP contribution in [0.15, 0.2) is 97.1 Å². The van der Waals surface area contributed by atoms with Crippen molar-refractivity contribution in [2.24, 2.45) is 0 Å². The lowest BCUT2D eigenvalue weighted by Crippen LogP contribution is -2.54. The number of benzene rings is 4. The number of carbonyl (C=O) groups is 4. The van der Waals surface area contributed by atoms with Crippen molar-refractivity contribution in [1.29, 1.82) is 0 Å². The van der Waals surface area contributed by atoms with E-state index in [4.69, 9.17) is 0 Å². The summed E-state index contributed by atoms with van der Waals surface area (Å²) in [7, 11) is -1.50. The summed E-state index contributed by atoms with van der Waals surface area (Å²) in [6.07, 6.45) is 4.49. The predicted octanol–water partition coefficient (Wildman–Crippen LogP) is 4.53. The summed E-state index contributed by atoms with van der Waals surface area (Å²) >= 11 is 0. The van der Waals surface area contributed by atoms with Crippen LogP contribution in [0.3, 0.4) is 0 Å². The van der Waals surface area contributed by atoms with Crippen molar-refractivity contribution in [2.45, 2.75) is 57.4 Å². The van der Waals surface area contributed by atoms with Crippen LogP contribution in [0.2, 0.25) is 0 Å². The third kappa shape index (κ3) is 8.68. The van der Waals surface area contributed by atoms with Gasteiger partial charge in [-0.05, 0) is 121 Å². The van der Waals surface area contributed by atoms with Gasteiger partial charge in [-0.2, -0.15) is 0 Å². The monoisotopic (exact) mass is 793 g/mol. The molecule has 12 heteroatoms. The van der Waals surface area contributed by atoms with E-state index in [9.17, 15) is 29.2 Å². The Hall–Kier alpha value is -5.40. The number of likely N-dealkylation sites (tertiary alicyclic amines) is 1. The van der Waals surface area contributed by atoms with Crippen LogP contribution in [0.5, 0.6) is 0 Å². The molecule has 0 saturated carbocycles. The quantitative estimate of drug-likeness (QED) is 0.108. The fourth-order valence-corrected chi connectivity index (χ4v) is 9.32. The second kappa shape index (κ2) is 17.8. The van der Waals surface area contributed by atoms with Crippen LogP contribution >= 0.6 is 0 Å². The first kappa shape index (κ1) is 40.4. The molecule has 0 aromatic heterocycles. The average Bonchev–Trinajstić information content (AvgIpc) is 3.51. The third-order valence-corrected chi connectivity index (χ3v) is 12.6. The van der Waals surface area contributed by atoms with E-state index in [1.54, 1.807) is 24.3 Å². The van der Waals surface area contributed by atoms with Gasteiger partial charge in [-0.25, -0.2) is 0 Å². The van der Waals surface area contributed by atoms with Gasteiger partial charge in [-0.15, -0.1) is 0 Å². The molecule has 0 bridgehead atoms. The molecule has 11 nitrogen and oxygen atoms in total. The number of amides is 4. The minimum absolute atomic E-state index is 0.0999. The van der Waals surface area contributed by atoms with E-state index in [1.165, 1.54) is 16.7 Å². The van der Waals surface area contributed by atoms with E-state index in [2.05, 4.69) is 75.5 Å². The number of carbonyl (C=O) groups excluding carboxylic acids is 4. The minimum atomic E-state index is -1.50. The zero-order valence-electron chi connectivity index (χ0n) is 33.7. The van der Waals surface area contributed by atoms with Crippen molar-refractivity contribution >= 4 is 53.0 Å². The highest BCUT2D eigenvalue weighted by atomic mass is 16.4. The molecule has 4 aliphatic heterocycles. The molecule has 0 spiro atoms. The summed E-state index contributed by atoms with van der Waals surface area (Å²) in [5, 5.41) is 21.6. The molecule has 4 heterocycles. The summed E-state index contributed by atoms with van der Waals surface area (Å²) in [4.78, 5) is 58.9. The van der Waals surface area contributed by atoms with Crippen LogP contribution in [-0.2, 0) is 9.59 Å². The SMILES string of the molecule is CC/C(=C(/c1ccc(B(O)O)cc1)c1ccc(C2CCN(CCCN3CCN(c4ccc5c(c4)C(=O)N(C4CCC(=O)NC4=O)C5=O)CC3)CC2)cc1)c1ccccc1. The van der Waals surface area contributed by atoms with Crippen molar-refractivity contribution in [3.63, 3.8) is 0 Å².